The van der Waals surface area contributed by atoms with E-state index in [1.807, 2.05) is 32.9 Å². The highest BCUT2D eigenvalue weighted by Crippen LogP contribution is 2.22. The molecule has 3 aromatic rings. The lowest BCUT2D eigenvalue weighted by Gasteiger charge is -2.29. The minimum atomic E-state index is -0.0370. The summed E-state index contributed by atoms with van der Waals surface area (Å²) >= 11 is 0. The van der Waals surface area contributed by atoms with Crippen molar-refractivity contribution in [1.29, 1.82) is 0 Å². The molecular weight excluding hydrogens is 352 g/mol. The zero-order valence-corrected chi connectivity index (χ0v) is 16.6. The van der Waals surface area contributed by atoms with Crippen molar-refractivity contribution in [1.82, 2.24) is 19.9 Å². The van der Waals surface area contributed by atoms with Crippen molar-refractivity contribution in [3.8, 4) is 0 Å². The van der Waals surface area contributed by atoms with Gasteiger partial charge in [-0.15, -0.1) is 0 Å². The van der Waals surface area contributed by atoms with E-state index in [1.54, 1.807) is 16.8 Å². The van der Waals surface area contributed by atoms with Gasteiger partial charge in [0.25, 0.3) is 5.56 Å². The molecular formula is C21H26N6O. The highest BCUT2D eigenvalue weighted by molar-refractivity contribution is 5.79. The first-order chi connectivity index (χ1) is 13.5. The largest absolute Gasteiger partial charge is 0.369 e. The molecule has 0 spiro atoms. The molecule has 7 heteroatoms. The first-order valence-corrected chi connectivity index (χ1v) is 9.74. The Morgan fingerprint density at radius 3 is 2.54 bits per heavy atom. The second-order valence-corrected chi connectivity index (χ2v) is 7.47. The summed E-state index contributed by atoms with van der Waals surface area (Å²) in [6.45, 7) is 9.96. The average Bonchev–Trinajstić information content (AvgIpc) is 2.69. The zero-order chi connectivity index (χ0) is 19.7. The van der Waals surface area contributed by atoms with E-state index in [1.165, 1.54) is 5.69 Å². The van der Waals surface area contributed by atoms with Crippen molar-refractivity contribution < 1.29 is 0 Å². The molecule has 2 aromatic heterocycles. The molecule has 1 saturated heterocycles. The monoisotopic (exact) mass is 378 g/mol. The fourth-order valence-corrected chi connectivity index (χ4v) is 3.64. The molecule has 1 aromatic carbocycles. The van der Waals surface area contributed by atoms with Crippen molar-refractivity contribution in [2.24, 2.45) is 0 Å². The minimum absolute atomic E-state index is 0.0247. The van der Waals surface area contributed by atoms with E-state index >= 15 is 0 Å². The molecule has 0 unspecified atom stereocenters. The minimum Gasteiger partial charge on any atom is -0.369 e. The van der Waals surface area contributed by atoms with Gasteiger partial charge in [-0.05, 0) is 50.6 Å². The number of fused-ring (bicyclic) bond motifs is 1. The van der Waals surface area contributed by atoms with Crippen LogP contribution >= 0.6 is 0 Å². The Bertz CT molecular complexity index is 1040. The molecule has 0 radical (unpaired) electrons. The van der Waals surface area contributed by atoms with Gasteiger partial charge in [-0.25, -0.2) is 4.98 Å². The summed E-state index contributed by atoms with van der Waals surface area (Å²) in [6.07, 6.45) is 1.79. The average molecular weight is 378 g/mol. The number of nitrogens with one attached hydrogen (secondary N) is 2. The van der Waals surface area contributed by atoms with Gasteiger partial charge in [0.15, 0.2) is 0 Å². The summed E-state index contributed by atoms with van der Waals surface area (Å²) < 4.78 is 1.71. The summed E-state index contributed by atoms with van der Waals surface area (Å²) in [5.74, 6) is 0.488. The van der Waals surface area contributed by atoms with Crippen LogP contribution in [0.25, 0.3) is 11.0 Å². The molecule has 0 saturated carbocycles. The van der Waals surface area contributed by atoms with E-state index in [2.05, 4.69) is 37.6 Å². The highest BCUT2D eigenvalue weighted by atomic mass is 16.1. The fourth-order valence-electron chi connectivity index (χ4n) is 3.64. The van der Waals surface area contributed by atoms with Crippen molar-refractivity contribution in [3.05, 3.63) is 52.4 Å². The number of hydrogen-bond donors (Lipinski definition) is 2. The second kappa shape index (κ2) is 7.59. The maximum Gasteiger partial charge on any atom is 0.252 e. The molecule has 1 aliphatic rings. The number of piperazine rings is 1. The van der Waals surface area contributed by atoms with Gasteiger partial charge in [0, 0.05) is 61.2 Å². The van der Waals surface area contributed by atoms with Gasteiger partial charge >= 0.3 is 0 Å². The number of aromatic nitrogens is 3. The maximum atomic E-state index is 12.4. The van der Waals surface area contributed by atoms with Gasteiger partial charge in [0.2, 0.25) is 5.95 Å². The van der Waals surface area contributed by atoms with Gasteiger partial charge in [0.1, 0.15) is 5.65 Å². The molecule has 0 bridgehead atoms. The summed E-state index contributed by atoms with van der Waals surface area (Å²) in [5.41, 5.74) is 3.66. The van der Waals surface area contributed by atoms with Gasteiger partial charge in [-0.1, -0.05) is 0 Å². The topological polar surface area (TPSA) is 75.1 Å². The van der Waals surface area contributed by atoms with Crippen LogP contribution in [0.4, 0.5) is 17.3 Å². The number of nitrogens with zero attached hydrogens (tertiary/aromatic N) is 4. The summed E-state index contributed by atoms with van der Waals surface area (Å²) in [7, 11) is 0. The van der Waals surface area contributed by atoms with Gasteiger partial charge < -0.3 is 15.5 Å². The van der Waals surface area contributed by atoms with Crippen molar-refractivity contribution in [3.63, 3.8) is 0 Å². The fraction of sp³-hybridized carbons (Fsp3) is 0.381. The van der Waals surface area contributed by atoms with Crippen molar-refractivity contribution in [2.75, 3.05) is 36.4 Å². The van der Waals surface area contributed by atoms with E-state index in [0.717, 1.165) is 42.8 Å². The van der Waals surface area contributed by atoms with E-state index in [0.29, 0.717) is 11.6 Å². The number of aryl methyl sites for hydroxylation is 1. The molecule has 1 fully saturated rings. The van der Waals surface area contributed by atoms with Crippen LogP contribution in [0, 0.1) is 6.92 Å². The number of anilines is 3. The van der Waals surface area contributed by atoms with Crippen molar-refractivity contribution >= 4 is 28.4 Å². The van der Waals surface area contributed by atoms with E-state index < -0.39 is 0 Å². The Balaban J connectivity index is 1.63. The molecule has 0 aliphatic carbocycles. The maximum absolute atomic E-state index is 12.4. The Hall–Kier alpha value is -2.93. The lowest BCUT2D eigenvalue weighted by molar-refractivity contribution is 0.589. The van der Waals surface area contributed by atoms with Gasteiger partial charge in [0.05, 0.1) is 0 Å². The van der Waals surface area contributed by atoms with Crippen LogP contribution in [0.3, 0.4) is 0 Å². The lowest BCUT2D eigenvalue weighted by Crippen LogP contribution is -2.43. The molecule has 28 heavy (non-hydrogen) atoms. The van der Waals surface area contributed by atoms with Crippen molar-refractivity contribution in [2.45, 2.75) is 26.8 Å². The second-order valence-electron chi connectivity index (χ2n) is 7.47. The van der Waals surface area contributed by atoms with Gasteiger partial charge in [-0.3, -0.25) is 9.36 Å². The Morgan fingerprint density at radius 1 is 1.14 bits per heavy atom. The van der Waals surface area contributed by atoms with Crippen LogP contribution in [0.2, 0.25) is 0 Å². The molecule has 3 heterocycles. The van der Waals surface area contributed by atoms with Crippen LogP contribution in [-0.2, 0) is 0 Å². The predicted molar refractivity (Wildman–Crippen MR) is 114 cm³/mol. The third kappa shape index (κ3) is 3.57. The van der Waals surface area contributed by atoms with Gasteiger partial charge in [-0.2, -0.15) is 4.98 Å². The molecule has 0 atom stereocenters. The van der Waals surface area contributed by atoms with E-state index in [4.69, 9.17) is 0 Å². The standard InChI is InChI=1S/C21H26N6O/c1-14(2)27-19(28)12-15(3)18-13-23-21(25-20(18)27)24-16-4-6-17(7-5-16)26-10-8-22-9-11-26/h4-7,12-14,22H,8-11H2,1-3H3,(H,23,24,25). The highest BCUT2D eigenvalue weighted by Gasteiger charge is 2.13. The lowest BCUT2D eigenvalue weighted by atomic mass is 10.2. The Labute approximate surface area is 164 Å². The normalized spacial score (nSPS) is 14.6. The van der Waals surface area contributed by atoms with E-state index in [9.17, 15) is 4.79 Å². The Kier molecular flexibility index (Phi) is 5.00. The number of hydrogen-bond acceptors (Lipinski definition) is 6. The molecule has 2 N–H and O–H groups in total. The smallest absolute Gasteiger partial charge is 0.252 e. The molecule has 1 aliphatic heterocycles. The van der Waals surface area contributed by atoms with Crippen LogP contribution in [0.1, 0.15) is 25.5 Å². The van der Waals surface area contributed by atoms with Crippen LogP contribution in [0.5, 0.6) is 0 Å². The third-order valence-corrected chi connectivity index (χ3v) is 5.12. The summed E-state index contributed by atoms with van der Waals surface area (Å²) in [5, 5.41) is 7.53. The number of pyridine rings is 1. The predicted octanol–water partition coefficient (Wildman–Crippen LogP) is 2.83. The first kappa shape index (κ1) is 18.4. The Morgan fingerprint density at radius 2 is 1.86 bits per heavy atom. The summed E-state index contributed by atoms with van der Waals surface area (Å²) in [6, 6.07) is 9.98. The van der Waals surface area contributed by atoms with E-state index in [-0.39, 0.29) is 11.6 Å². The number of rotatable bonds is 4. The quantitative estimate of drug-likeness (QED) is 0.727. The number of benzene rings is 1. The molecule has 0 amide bonds. The summed E-state index contributed by atoms with van der Waals surface area (Å²) in [4.78, 5) is 23.9. The first-order valence-electron chi connectivity index (χ1n) is 9.74. The van der Waals surface area contributed by atoms with Crippen LogP contribution in [0.15, 0.2) is 41.3 Å². The SMILES string of the molecule is Cc1cc(=O)n(C(C)C)c2nc(Nc3ccc(N4CCNCC4)cc3)ncc12. The van der Waals surface area contributed by atoms with Crippen LogP contribution in [-0.4, -0.2) is 40.7 Å². The molecule has 146 valence electrons. The third-order valence-electron chi connectivity index (χ3n) is 5.12. The zero-order valence-electron chi connectivity index (χ0n) is 16.6. The van der Waals surface area contributed by atoms with Crippen LogP contribution < -0.4 is 21.1 Å². The molecule has 7 nitrogen and oxygen atoms in total. The molecule has 4 rings (SSSR count).